The molecule has 2 unspecified atom stereocenters. The fourth-order valence-electron chi connectivity index (χ4n) is 9.87. The maximum atomic E-state index is 14.7. The maximum Gasteiger partial charge on any atom is 0.193 e. The molecular weight excluding hydrogens is 685 g/mol. The molecule has 4 rings (SSSR count). The molecule has 0 aromatic heterocycles. The summed E-state index contributed by atoms with van der Waals surface area (Å²) in [6.07, 6.45) is 43.6. The van der Waals surface area contributed by atoms with Gasteiger partial charge in [-0.15, -0.1) is 0 Å². The molecule has 0 fully saturated rings. The molecule has 0 aliphatic carbocycles. The van der Waals surface area contributed by atoms with Gasteiger partial charge in [-0.3, -0.25) is 9.59 Å². The van der Waals surface area contributed by atoms with E-state index in [9.17, 15) is 9.59 Å². The average Bonchev–Trinajstić information content (AvgIpc) is 3.68. The highest BCUT2D eigenvalue weighted by Gasteiger charge is 2.65. The fourth-order valence-corrected chi connectivity index (χ4v) is 9.87. The van der Waals surface area contributed by atoms with Crippen LogP contribution in [0.2, 0.25) is 0 Å². The summed E-state index contributed by atoms with van der Waals surface area (Å²) in [7, 11) is 0. The van der Waals surface area contributed by atoms with Crippen molar-refractivity contribution in [3.8, 4) is 0 Å². The summed E-state index contributed by atoms with van der Waals surface area (Å²) in [5, 5.41) is 7.54. The van der Waals surface area contributed by atoms with Gasteiger partial charge in [0.15, 0.2) is 11.6 Å². The SMILES string of the molecule is CCCCCCCCCCCCCCCCCCC1(C2(CCCCCCCCCCCCCCCCCC)Nc3ccccc3C2=O)Nc2ccccc2C1=O. The zero-order chi connectivity index (χ0) is 39.6. The largest absolute Gasteiger partial charge is 0.370 e. The Kier molecular flexibility index (Phi) is 22.3. The molecule has 0 amide bonds. The molecule has 56 heavy (non-hydrogen) atoms. The van der Waals surface area contributed by atoms with E-state index in [0.29, 0.717) is 12.8 Å². The van der Waals surface area contributed by atoms with Gasteiger partial charge in [-0.2, -0.15) is 0 Å². The molecular formula is C52H84N2O2. The van der Waals surface area contributed by atoms with Crippen LogP contribution in [0.3, 0.4) is 0 Å². The second-order valence-electron chi connectivity index (χ2n) is 17.9. The number of nitrogens with one attached hydrogen (secondary N) is 2. The molecule has 2 atom stereocenters. The number of fused-ring (bicyclic) bond motifs is 2. The highest BCUT2D eigenvalue weighted by atomic mass is 16.1. The summed E-state index contributed by atoms with van der Waals surface area (Å²) in [6, 6.07) is 15.9. The second kappa shape index (κ2) is 27.1. The number of rotatable bonds is 35. The predicted molar refractivity (Wildman–Crippen MR) is 243 cm³/mol. The minimum absolute atomic E-state index is 0.0965. The van der Waals surface area contributed by atoms with Crippen LogP contribution in [0.1, 0.15) is 253 Å². The Balaban J connectivity index is 1.23. The van der Waals surface area contributed by atoms with Crippen LogP contribution >= 0.6 is 0 Å². The number of carbonyl (C=O) groups excluding carboxylic acids is 2. The molecule has 2 aromatic rings. The van der Waals surface area contributed by atoms with E-state index in [4.69, 9.17) is 0 Å². The molecule has 2 aliphatic rings. The van der Waals surface area contributed by atoms with Gasteiger partial charge in [0, 0.05) is 22.5 Å². The molecule has 4 nitrogen and oxygen atoms in total. The van der Waals surface area contributed by atoms with Gasteiger partial charge in [-0.25, -0.2) is 0 Å². The number of anilines is 2. The molecule has 0 saturated heterocycles. The summed E-state index contributed by atoms with van der Waals surface area (Å²) in [5.41, 5.74) is 1.26. The number of hydrogen-bond donors (Lipinski definition) is 2. The van der Waals surface area contributed by atoms with Crippen LogP contribution in [-0.2, 0) is 0 Å². The van der Waals surface area contributed by atoms with Gasteiger partial charge in [-0.05, 0) is 37.1 Å². The number of carbonyl (C=O) groups is 2. The zero-order valence-corrected chi connectivity index (χ0v) is 36.5. The van der Waals surface area contributed by atoms with Crippen LogP contribution in [-0.4, -0.2) is 22.6 Å². The fraction of sp³-hybridized carbons (Fsp3) is 0.731. The molecule has 2 aliphatic heterocycles. The van der Waals surface area contributed by atoms with E-state index in [-0.39, 0.29) is 11.6 Å². The van der Waals surface area contributed by atoms with Crippen LogP contribution in [0.4, 0.5) is 11.4 Å². The van der Waals surface area contributed by atoms with Crippen molar-refractivity contribution in [3.63, 3.8) is 0 Å². The average molecular weight is 769 g/mol. The van der Waals surface area contributed by atoms with Gasteiger partial charge in [0.05, 0.1) is 0 Å². The lowest BCUT2D eigenvalue weighted by Gasteiger charge is -2.45. The Morgan fingerprint density at radius 2 is 0.571 bits per heavy atom. The van der Waals surface area contributed by atoms with Gasteiger partial charge >= 0.3 is 0 Å². The van der Waals surface area contributed by atoms with E-state index >= 15 is 0 Å². The van der Waals surface area contributed by atoms with Crippen LogP contribution in [0.25, 0.3) is 0 Å². The van der Waals surface area contributed by atoms with Gasteiger partial charge in [0.1, 0.15) is 11.1 Å². The third-order valence-electron chi connectivity index (χ3n) is 13.4. The van der Waals surface area contributed by atoms with E-state index in [2.05, 4.69) is 24.5 Å². The van der Waals surface area contributed by atoms with E-state index in [0.717, 1.165) is 48.2 Å². The minimum Gasteiger partial charge on any atom is -0.370 e. The first-order valence-corrected chi connectivity index (χ1v) is 24.4. The van der Waals surface area contributed by atoms with Crippen LogP contribution in [0.5, 0.6) is 0 Å². The van der Waals surface area contributed by atoms with Gasteiger partial charge in [-0.1, -0.05) is 244 Å². The Bertz CT molecular complexity index is 1270. The molecule has 2 heterocycles. The van der Waals surface area contributed by atoms with Crippen molar-refractivity contribution in [2.45, 2.75) is 243 Å². The first-order chi connectivity index (χ1) is 27.6. The van der Waals surface area contributed by atoms with Gasteiger partial charge < -0.3 is 10.6 Å². The molecule has 0 spiro atoms. The van der Waals surface area contributed by atoms with Crippen LogP contribution in [0, 0.1) is 0 Å². The number of Topliss-reactive ketones (excluding diaryl/α,β-unsaturated/α-hetero) is 2. The Morgan fingerprint density at radius 3 is 0.821 bits per heavy atom. The maximum absolute atomic E-state index is 14.7. The smallest absolute Gasteiger partial charge is 0.193 e. The lowest BCUT2D eigenvalue weighted by atomic mass is 9.66. The van der Waals surface area contributed by atoms with Crippen molar-refractivity contribution >= 4 is 22.9 Å². The number of benzene rings is 2. The highest BCUT2D eigenvalue weighted by molar-refractivity contribution is 6.23. The van der Waals surface area contributed by atoms with Gasteiger partial charge in [0.25, 0.3) is 0 Å². The second-order valence-corrected chi connectivity index (χ2v) is 17.9. The number of unbranched alkanes of at least 4 members (excludes halogenated alkanes) is 30. The van der Waals surface area contributed by atoms with E-state index in [1.54, 1.807) is 0 Å². The third-order valence-corrected chi connectivity index (χ3v) is 13.4. The van der Waals surface area contributed by atoms with Crippen molar-refractivity contribution < 1.29 is 9.59 Å². The van der Waals surface area contributed by atoms with Crippen molar-refractivity contribution in [2.24, 2.45) is 0 Å². The highest BCUT2D eigenvalue weighted by Crippen LogP contribution is 2.50. The third kappa shape index (κ3) is 14.0. The molecule has 0 bridgehead atoms. The standard InChI is InChI=1S/C52H84N2O2/c1-3-5-7-9-11-13-15-17-19-21-23-25-27-29-31-37-43-51(49(55)45-39-33-35-41-47(45)53-51)52(50(56)46-40-34-36-42-48(46)54-52)44-38-32-30-28-26-24-22-20-18-16-14-12-10-8-6-4-2/h33-36,39-42,53-54H,3-32,37-38,43-44H2,1-2H3. The Hall–Kier alpha value is -2.62. The van der Waals surface area contributed by atoms with Gasteiger partial charge in [0.2, 0.25) is 0 Å². The molecule has 2 aromatic carbocycles. The molecule has 314 valence electrons. The Labute approximate surface area is 344 Å². The van der Waals surface area contributed by atoms with E-state index < -0.39 is 11.1 Å². The summed E-state index contributed by atoms with van der Waals surface area (Å²) in [6.45, 7) is 4.58. The zero-order valence-electron chi connectivity index (χ0n) is 36.5. The number of ketones is 2. The summed E-state index contributed by atoms with van der Waals surface area (Å²) >= 11 is 0. The predicted octanol–water partition coefficient (Wildman–Crippen LogP) is 16.4. The quantitative estimate of drug-likeness (QED) is 0.0686. The lowest BCUT2D eigenvalue weighted by Crippen LogP contribution is -2.67. The van der Waals surface area contributed by atoms with E-state index in [1.807, 2.05) is 48.5 Å². The van der Waals surface area contributed by atoms with E-state index in [1.165, 1.54) is 180 Å². The molecule has 0 radical (unpaired) electrons. The number of para-hydroxylation sites is 2. The Morgan fingerprint density at radius 1 is 0.339 bits per heavy atom. The van der Waals surface area contributed by atoms with Crippen molar-refractivity contribution in [1.29, 1.82) is 0 Å². The van der Waals surface area contributed by atoms with Crippen molar-refractivity contribution in [1.82, 2.24) is 0 Å². The van der Waals surface area contributed by atoms with Crippen molar-refractivity contribution in [3.05, 3.63) is 59.7 Å². The summed E-state index contributed by atoms with van der Waals surface area (Å²) in [5.74, 6) is 0.193. The molecule has 2 N–H and O–H groups in total. The normalized spacial score (nSPS) is 18.6. The first kappa shape index (κ1) is 46.1. The number of hydrogen-bond acceptors (Lipinski definition) is 4. The summed E-state index contributed by atoms with van der Waals surface area (Å²) < 4.78 is 0. The van der Waals surface area contributed by atoms with Crippen LogP contribution < -0.4 is 10.6 Å². The minimum atomic E-state index is -0.988. The molecule has 4 heteroatoms. The molecule has 0 saturated carbocycles. The topological polar surface area (TPSA) is 58.2 Å². The van der Waals surface area contributed by atoms with Crippen molar-refractivity contribution in [2.75, 3.05) is 10.6 Å². The van der Waals surface area contributed by atoms with Crippen LogP contribution in [0.15, 0.2) is 48.5 Å². The summed E-state index contributed by atoms with van der Waals surface area (Å²) in [4.78, 5) is 29.4. The first-order valence-electron chi connectivity index (χ1n) is 24.4. The monoisotopic (exact) mass is 769 g/mol. The lowest BCUT2D eigenvalue weighted by molar-refractivity contribution is 0.0720.